The van der Waals surface area contributed by atoms with Gasteiger partial charge in [0.15, 0.2) is 0 Å². The molecule has 1 saturated carbocycles. The van der Waals surface area contributed by atoms with Crippen molar-refractivity contribution in [1.82, 2.24) is 24.4 Å². The van der Waals surface area contributed by atoms with E-state index in [1.54, 1.807) is 0 Å². The maximum absolute atomic E-state index is 12.0. The van der Waals surface area contributed by atoms with E-state index in [1.165, 1.54) is 5.69 Å². The van der Waals surface area contributed by atoms with Gasteiger partial charge >= 0.3 is 0 Å². The first-order valence-corrected chi connectivity index (χ1v) is 10.8. The molecule has 0 aromatic carbocycles. The van der Waals surface area contributed by atoms with E-state index < -0.39 is 10.0 Å². The van der Waals surface area contributed by atoms with E-state index in [1.807, 2.05) is 30.6 Å². The van der Waals surface area contributed by atoms with Crippen LogP contribution < -0.4 is 4.72 Å². The van der Waals surface area contributed by atoms with Crippen LogP contribution in [0.1, 0.15) is 30.7 Å². The topological polar surface area (TPSA) is 80.1 Å². The van der Waals surface area contributed by atoms with E-state index in [2.05, 4.69) is 30.5 Å². The van der Waals surface area contributed by atoms with E-state index in [0.717, 1.165) is 51.1 Å². The van der Waals surface area contributed by atoms with E-state index in [9.17, 15) is 8.42 Å². The standard InChI is InChI=1S/C18H25N5O2S/c24-26(25,18-4-5-18)21-10-6-15-11-22(13-16-3-1-2-8-19-16)14-17-7-9-20-23(17)12-15/h1-3,7-9,15,18,21H,4-6,10-14H2. The predicted octanol–water partition coefficient (Wildman–Crippen LogP) is 1.38. The van der Waals surface area contributed by atoms with Crippen LogP contribution in [0.5, 0.6) is 0 Å². The zero-order valence-electron chi connectivity index (χ0n) is 14.8. The SMILES string of the molecule is O=S(=O)(NCCC1CN(Cc2ccccn2)Cc2ccnn2C1)C1CC1. The Balaban J connectivity index is 1.40. The molecule has 1 aliphatic carbocycles. The highest BCUT2D eigenvalue weighted by atomic mass is 32.2. The van der Waals surface area contributed by atoms with Gasteiger partial charge in [0.2, 0.25) is 10.0 Å². The molecule has 1 unspecified atom stereocenters. The lowest BCUT2D eigenvalue weighted by molar-refractivity contribution is 0.213. The maximum Gasteiger partial charge on any atom is 0.214 e. The zero-order chi connectivity index (χ0) is 18.0. The van der Waals surface area contributed by atoms with Crippen LogP contribution in [0.2, 0.25) is 0 Å². The van der Waals surface area contributed by atoms with Gasteiger partial charge < -0.3 is 0 Å². The zero-order valence-corrected chi connectivity index (χ0v) is 15.6. The highest BCUT2D eigenvalue weighted by Crippen LogP contribution is 2.27. The van der Waals surface area contributed by atoms with Crippen molar-refractivity contribution >= 4 is 10.0 Å². The van der Waals surface area contributed by atoms with Crippen LogP contribution in [0.3, 0.4) is 0 Å². The number of fused-ring (bicyclic) bond motifs is 1. The second-order valence-electron chi connectivity index (χ2n) is 7.29. The monoisotopic (exact) mass is 375 g/mol. The molecule has 1 aliphatic heterocycles. The Hall–Kier alpha value is -1.77. The van der Waals surface area contributed by atoms with Crippen molar-refractivity contribution in [2.45, 2.75) is 44.1 Å². The van der Waals surface area contributed by atoms with Gasteiger partial charge in [-0.3, -0.25) is 14.6 Å². The first-order chi connectivity index (χ1) is 12.6. The van der Waals surface area contributed by atoms with E-state index in [4.69, 9.17) is 0 Å². The van der Waals surface area contributed by atoms with E-state index >= 15 is 0 Å². The van der Waals surface area contributed by atoms with Gasteiger partial charge in [-0.25, -0.2) is 13.1 Å². The lowest BCUT2D eigenvalue weighted by Gasteiger charge is -2.23. The third-order valence-electron chi connectivity index (χ3n) is 5.07. The summed E-state index contributed by atoms with van der Waals surface area (Å²) in [4.78, 5) is 6.82. The highest BCUT2D eigenvalue weighted by molar-refractivity contribution is 7.90. The molecule has 2 aliphatic rings. The molecule has 1 atom stereocenters. The van der Waals surface area contributed by atoms with Crippen molar-refractivity contribution in [3.05, 3.63) is 48.0 Å². The number of nitrogens with zero attached hydrogens (tertiary/aromatic N) is 4. The van der Waals surface area contributed by atoms with Crippen molar-refractivity contribution in [3.63, 3.8) is 0 Å². The van der Waals surface area contributed by atoms with Crippen molar-refractivity contribution in [1.29, 1.82) is 0 Å². The average molecular weight is 375 g/mol. The minimum absolute atomic E-state index is 0.157. The minimum Gasteiger partial charge on any atom is -0.291 e. The first kappa shape index (κ1) is 17.6. The van der Waals surface area contributed by atoms with Crippen LogP contribution in [0, 0.1) is 5.92 Å². The molecule has 4 rings (SSSR count). The molecule has 1 fully saturated rings. The molecule has 3 heterocycles. The van der Waals surface area contributed by atoms with Crippen molar-refractivity contribution in [2.24, 2.45) is 5.92 Å². The van der Waals surface area contributed by atoms with Gasteiger partial charge in [0.25, 0.3) is 0 Å². The third-order valence-corrected chi connectivity index (χ3v) is 7.02. The predicted molar refractivity (Wildman–Crippen MR) is 98.6 cm³/mol. The second-order valence-corrected chi connectivity index (χ2v) is 9.33. The summed E-state index contributed by atoms with van der Waals surface area (Å²) in [7, 11) is -3.10. The van der Waals surface area contributed by atoms with Crippen molar-refractivity contribution < 1.29 is 8.42 Å². The summed E-state index contributed by atoms with van der Waals surface area (Å²) in [5, 5.41) is 4.28. The molecular weight excluding hydrogens is 350 g/mol. The summed E-state index contributed by atoms with van der Waals surface area (Å²) in [5.74, 6) is 0.349. The number of pyridine rings is 1. The van der Waals surface area contributed by atoms with Gasteiger partial charge in [0.05, 0.1) is 16.6 Å². The fourth-order valence-electron chi connectivity index (χ4n) is 3.55. The molecule has 0 bridgehead atoms. The summed E-state index contributed by atoms with van der Waals surface area (Å²) in [5.41, 5.74) is 2.25. The van der Waals surface area contributed by atoms with E-state index in [0.29, 0.717) is 12.5 Å². The largest absolute Gasteiger partial charge is 0.291 e. The molecule has 2 aromatic rings. The molecule has 0 spiro atoms. The number of hydrogen-bond acceptors (Lipinski definition) is 5. The molecule has 8 heteroatoms. The van der Waals surface area contributed by atoms with Crippen LogP contribution in [0.25, 0.3) is 0 Å². The molecule has 0 radical (unpaired) electrons. The molecular formula is C18H25N5O2S. The van der Waals surface area contributed by atoms with Gasteiger partial charge in [-0.1, -0.05) is 6.07 Å². The van der Waals surface area contributed by atoms with Crippen LogP contribution in [-0.2, 0) is 29.7 Å². The average Bonchev–Trinajstić information content (AvgIpc) is 3.41. The Morgan fingerprint density at radius 2 is 2.04 bits per heavy atom. The fourth-order valence-corrected chi connectivity index (χ4v) is 4.94. The van der Waals surface area contributed by atoms with Gasteiger partial charge in [-0.2, -0.15) is 5.10 Å². The molecule has 0 amide bonds. The maximum atomic E-state index is 12.0. The summed E-state index contributed by atoms with van der Waals surface area (Å²) in [6, 6.07) is 8.04. The van der Waals surface area contributed by atoms with Crippen LogP contribution in [0.4, 0.5) is 0 Å². The smallest absolute Gasteiger partial charge is 0.214 e. The summed E-state index contributed by atoms with van der Waals surface area (Å²) in [6.07, 6.45) is 6.07. The van der Waals surface area contributed by atoms with Gasteiger partial charge in [0.1, 0.15) is 0 Å². The Bertz CT molecular complexity index is 832. The number of aromatic nitrogens is 3. The van der Waals surface area contributed by atoms with Crippen LogP contribution >= 0.6 is 0 Å². The number of nitrogens with one attached hydrogen (secondary N) is 1. The molecule has 2 aromatic heterocycles. The molecule has 140 valence electrons. The Labute approximate surface area is 154 Å². The summed E-state index contributed by atoms with van der Waals surface area (Å²) >= 11 is 0. The van der Waals surface area contributed by atoms with Gasteiger partial charge in [-0.05, 0) is 43.4 Å². The van der Waals surface area contributed by atoms with Crippen LogP contribution in [0.15, 0.2) is 36.7 Å². The Morgan fingerprint density at radius 1 is 1.15 bits per heavy atom. The van der Waals surface area contributed by atoms with Crippen LogP contribution in [-0.4, -0.2) is 46.4 Å². The quantitative estimate of drug-likeness (QED) is 0.791. The minimum atomic E-state index is -3.10. The van der Waals surface area contributed by atoms with Gasteiger partial charge in [0, 0.05) is 45.1 Å². The normalized spacial score (nSPS) is 21.3. The number of rotatable bonds is 7. The Kier molecular flexibility index (Phi) is 5.06. The molecule has 26 heavy (non-hydrogen) atoms. The second kappa shape index (κ2) is 7.46. The molecule has 0 saturated heterocycles. The lowest BCUT2D eigenvalue weighted by atomic mass is 10.1. The summed E-state index contributed by atoms with van der Waals surface area (Å²) in [6.45, 7) is 3.85. The summed E-state index contributed by atoms with van der Waals surface area (Å²) < 4.78 is 28.9. The lowest BCUT2D eigenvalue weighted by Crippen LogP contribution is -2.33. The number of sulfonamides is 1. The van der Waals surface area contributed by atoms with Gasteiger partial charge in [-0.15, -0.1) is 0 Å². The highest BCUT2D eigenvalue weighted by Gasteiger charge is 2.35. The molecule has 1 N–H and O–H groups in total. The third kappa shape index (κ3) is 4.31. The van der Waals surface area contributed by atoms with Crippen molar-refractivity contribution in [3.8, 4) is 0 Å². The fraction of sp³-hybridized carbons (Fsp3) is 0.556. The Morgan fingerprint density at radius 3 is 2.81 bits per heavy atom. The molecule has 7 nitrogen and oxygen atoms in total. The first-order valence-electron chi connectivity index (χ1n) is 9.21. The van der Waals surface area contributed by atoms with Crippen molar-refractivity contribution in [2.75, 3.05) is 13.1 Å². The number of hydrogen-bond donors (Lipinski definition) is 1. The van der Waals surface area contributed by atoms with E-state index in [-0.39, 0.29) is 5.25 Å².